The third-order valence-electron chi connectivity index (χ3n) is 4.11. The summed E-state index contributed by atoms with van der Waals surface area (Å²) >= 11 is 4.92. The second-order valence-corrected chi connectivity index (χ2v) is 6.71. The third kappa shape index (κ3) is 4.44. The number of hydrogen-bond donors (Lipinski definition) is 1. The lowest BCUT2D eigenvalue weighted by atomic mass is 9.77. The summed E-state index contributed by atoms with van der Waals surface area (Å²) in [5.41, 5.74) is 5.45. The van der Waals surface area contributed by atoms with Crippen molar-refractivity contribution in [1.29, 1.82) is 0 Å². The zero-order valence-corrected chi connectivity index (χ0v) is 13.4. The Morgan fingerprint density at radius 3 is 2.37 bits per heavy atom. The highest BCUT2D eigenvalue weighted by Gasteiger charge is 2.43. The molecule has 0 heterocycles. The van der Waals surface area contributed by atoms with E-state index in [2.05, 4.69) is 13.8 Å². The van der Waals surface area contributed by atoms with Gasteiger partial charge in [0.2, 0.25) is 5.91 Å². The molecule has 4 heteroatoms. The maximum atomic E-state index is 12.9. The zero-order valence-electron chi connectivity index (χ0n) is 12.6. The molecule has 2 N–H and O–H groups in total. The van der Waals surface area contributed by atoms with Gasteiger partial charge >= 0.3 is 0 Å². The average Bonchev–Trinajstić information content (AvgIpc) is 2.78. The van der Waals surface area contributed by atoms with E-state index in [0.717, 1.165) is 25.8 Å². The topological polar surface area (TPSA) is 46.3 Å². The van der Waals surface area contributed by atoms with Crippen LogP contribution in [0, 0.1) is 11.3 Å². The molecule has 3 nitrogen and oxygen atoms in total. The fourth-order valence-corrected chi connectivity index (χ4v) is 3.41. The van der Waals surface area contributed by atoms with Gasteiger partial charge in [0, 0.05) is 24.9 Å². The number of nitrogens with two attached hydrogens (primary N) is 1. The first-order valence-electron chi connectivity index (χ1n) is 7.49. The van der Waals surface area contributed by atoms with Gasteiger partial charge in [-0.1, -0.05) is 38.9 Å². The van der Waals surface area contributed by atoms with Gasteiger partial charge in [-0.15, -0.1) is 0 Å². The summed E-state index contributed by atoms with van der Waals surface area (Å²) in [6.07, 6.45) is 6.11. The highest BCUT2D eigenvalue weighted by molar-refractivity contribution is 7.80. The van der Waals surface area contributed by atoms with E-state index in [-0.39, 0.29) is 5.41 Å². The van der Waals surface area contributed by atoms with Gasteiger partial charge in [-0.2, -0.15) is 0 Å². The Morgan fingerprint density at radius 2 is 1.95 bits per heavy atom. The van der Waals surface area contributed by atoms with Crippen molar-refractivity contribution in [2.24, 2.45) is 17.1 Å². The average molecular weight is 284 g/mol. The highest BCUT2D eigenvalue weighted by Crippen LogP contribution is 2.44. The van der Waals surface area contributed by atoms with Crippen LogP contribution in [0.2, 0.25) is 0 Å². The number of carbonyl (C=O) groups is 1. The van der Waals surface area contributed by atoms with Crippen LogP contribution in [-0.2, 0) is 4.79 Å². The number of hydrogen-bond acceptors (Lipinski definition) is 2. The molecule has 0 unspecified atom stereocenters. The molecule has 110 valence electrons. The normalized spacial score (nSPS) is 17.7. The zero-order chi connectivity index (χ0) is 14.5. The van der Waals surface area contributed by atoms with E-state index < -0.39 is 0 Å². The van der Waals surface area contributed by atoms with Crippen LogP contribution >= 0.6 is 12.2 Å². The Kier molecular flexibility index (Phi) is 6.24. The molecular weight excluding hydrogens is 256 g/mol. The minimum Gasteiger partial charge on any atom is -0.393 e. The monoisotopic (exact) mass is 284 g/mol. The van der Waals surface area contributed by atoms with E-state index in [1.165, 1.54) is 12.8 Å². The molecule has 0 aliphatic heterocycles. The predicted octanol–water partition coefficient (Wildman–Crippen LogP) is 3.12. The lowest BCUT2D eigenvalue weighted by molar-refractivity contribution is -0.142. The maximum absolute atomic E-state index is 12.9. The largest absolute Gasteiger partial charge is 0.393 e. The smallest absolute Gasteiger partial charge is 0.228 e. The number of nitrogens with zero attached hydrogens (tertiary/aromatic N) is 1. The Balaban J connectivity index is 2.76. The molecule has 1 rings (SSSR count). The van der Waals surface area contributed by atoms with Crippen molar-refractivity contribution in [2.45, 2.75) is 59.3 Å². The molecule has 0 atom stereocenters. The Morgan fingerprint density at radius 1 is 1.37 bits per heavy atom. The molecule has 1 amide bonds. The van der Waals surface area contributed by atoms with E-state index in [4.69, 9.17) is 18.0 Å². The fourth-order valence-electron chi connectivity index (χ4n) is 3.32. The maximum Gasteiger partial charge on any atom is 0.228 e. The molecule has 0 aromatic rings. The minimum atomic E-state index is -0.111. The molecule has 0 bridgehead atoms. The third-order valence-corrected chi connectivity index (χ3v) is 4.31. The van der Waals surface area contributed by atoms with Crippen molar-refractivity contribution in [2.75, 3.05) is 13.1 Å². The molecule has 1 fully saturated rings. The van der Waals surface area contributed by atoms with Crippen molar-refractivity contribution >= 4 is 23.1 Å². The Bertz CT molecular complexity index is 322. The number of amides is 1. The van der Waals surface area contributed by atoms with Crippen LogP contribution in [0.15, 0.2) is 0 Å². The predicted molar refractivity (Wildman–Crippen MR) is 84.0 cm³/mol. The summed E-state index contributed by atoms with van der Waals surface area (Å²) in [5, 5.41) is 0. The highest BCUT2D eigenvalue weighted by atomic mass is 32.1. The molecule has 19 heavy (non-hydrogen) atoms. The summed E-state index contributed by atoms with van der Waals surface area (Å²) < 4.78 is 0. The summed E-state index contributed by atoms with van der Waals surface area (Å²) in [6.45, 7) is 7.87. The fraction of sp³-hybridized carbons (Fsp3) is 0.867. The molecule has 0 radical (unpaired) electrons. The van der Waals surface area contributed by atoms with Crippen LogP contribution < -0.4 is 5.73 Å². The van der Waals surface area contributed by atoms with Crippen molar-refractivity contribution in [3.63, 3.8) is 0 Å². The summed E-state index contributed by atoms with van der Waals surface area (Å²) in [5.74, 6) is 0.897. The van der Waals surface area contributed by atoms with Crippen molar-refractivity contribution in [1.82, 2.24) is 4.90 Å². The van der Waals surface area contributed by atoms with E-state index >= 15 is 0 Å². The first-order chi connectivity index (χ1) is 8.91. The van der Waals surface area contributed by atoms with Gasteiger partial charge < -0.3 is 10.6 Å². The van der Waals surface area contributed by atoms with E-state index in [9.17, 15) is 4.79 Å². The van der Waals surface area contributed by atoms with Gasteiger partial charge in [0.1, 0.15) is 0 Å². The standard InChI is InChI=1S/C15H28N2OS/c1-4-17(10-7-13(16)19)14(18)15(11-12(2)3)8-5-6-9-15/h12H,4-11H2,1-3H3,(H2,16,19). The minimum absolute atomic E-state index is 0.111. The molecule has 0 aromatic carbocycles. The molecule has 0 aromatic heterocycles. The van der Waals surface area contributed by atoms with Crippen LogP contribution in [-0.4, -0.2) is 28.9 Å². The van der Waals surface area contributed by atoms with Crippen LogP contribution in [0.5, 0.6) is 0 Å². The van der Waals surface area contributed by atoms with Crippen molar-refractivity contribution in [3.05, 3.63) is 0 Å². The molecule has 0 spiro atoms. The summed E-state index contributed by atoms with van der Waals surface area (Å²) in [6, 6.07) is 0. The van der Waals surface area contributed by atoms with E-state index in [0.29, 0.717) is 29.8 Å². The van der Waals surface area contributed by atoms with Gasteiger partial charge in [0.25, 0.3) is 0 Å². The van der Waals surface area contributed by atoms with E-state index in [1.54, 1.807) is 0 Å². The second-order valence-electron chi connectivity index (χ2n) is 6.19. The van der Waals surface area contributed by atoms with Gasteiger partial charge in [0.05, 0.1) is 4.99 Å². The number of carbonyl (C=O) groups excluding carboxylic acids is 1. The van der Waals surface area contributed by atoms with Crippen molar-refractivity contribution in [3.8, 4) is 0 Å². The molecular formula is C15H28N2OS. The first kappa shape index (κ1) is 16.4. The first-order valence-corrected chi connectivity index (χ1v) is 7.90. The van der Waals surface area contributed by atoms with Crippen LogP contribution in [0.4, 0.5) is 0 Å². The molecule has 1 aliphatic rings. The molecule has 0 saturated heterocycles. The number of thiocarbonyl (C=S) groups is 1. The molecule has 1 saturated carbocycles. The lowest BCUT2D eigenvalue weighted by Crippen LogP contribution is -2.44. The van der Waals surface area contributed by atoms with Crippen LogP contribution in [0.25, 0.3) is 0 Å². The molecule has 1 aliphatic carbocycles. The van der Waals surface area contributed by atoms with Crippen LogP contribution in [0.1, 0.15) is 59.3 Å². The second kappa shape index (κ2) is 7.22. The van der Waals surface area contributed by atoms with Gasteiger partial charge in [-0.3, -0.25) is 4.79 Å². The Hall–Kier alpha value is -0.640. The Labute approximate surface area is 122 Å². The van der Waals surface area contributed by atoms with Gasteiger partial charge in [0.15, 0.2) is 0 Å². The lowest BCUT2D eigenvalue weighted by Gasteiger charge is -2.35. The van der Waals surface area contributed by atoms with Crippen molar-refractivity contribution < 1.29 is 4.79 Å². The van der Waals surface area contributed by atoms with E-state index in [1.807, 2.05) is 11.8 Å². The quantitative estimate of drug-likeness (QED) is 0.731. The summed E-state index contributed by atoms with van der Waals surface area (Å²) in [4.78, 5) is 15.3. The van der Waals surface area contributed by atoms with Gasteiger partial charge in [-0.25, -0.2) is 0 Å². The number of rotatable bonds is 7. The SMILES string of the molecule is CCN(CCC(N)=S)C(=O)C1(CC(C)C)CCCC1. The van der Waals surface area contributed by atoms with Gasteiger partial charge in [-0.05, 0) is 32.1 Å². The van der Waals surface area contributed by atoms with Crippen LogP contribution in [0.3, 0.4) is 0 Å². The summed E-state index contributed by atoms with van der Waals surface area (Å²) in [7, 11) is 0.